The summed E-state index contributed by atoms with van der Waals surface area (Å²) < 4.78 is 12.9. The largest absolute Gasteiger partial charge is 0.321 e. The van der Waals surface area contributed by atoms with Gasteiger partial charge in [-0.2, -0.15) is 0 Å². The van der Waals surface area contributed by atoms with E-state index >= 15 is 0 Å². The second-order valence-electron chi connectivity index (χ2n) is 4.33. The van der Waals surface area contributed by atoms with Crippen LogP contribution in [0.2, 0.25) is 5.02 Å². The van der Waals surface area contributed by atoms with E-state index in [0.717, 1.165) is 11.1 Å². The summed E-state index contributed by atoms with van der Waals surface area (Å²) in [5, 5.41) is 2.86. The number of aryl methyl sites for hydroxylation is 1. The Morgan fingerprint density at radius 3 is 2.63 bits per heavy atom. The molecular weight excluding hydrogens is 265 g/mol. The highest BCUT2D eigenvalue weighted by atomic mass is 35.5. The van der Waals surface area contributed by atoms with Gasteiger partial charge in [0.25, 0.3) is 5.91 Å². The number of nitrogens with one attached hydrogen (secondary N) is 1. The first-order chi connectivity index (χ1) is 8.99. The van der Waals surface area contributed by atoms with Crippen molar-refractivity contribution in [1.29, 1.82) is 0 Å². The molecular formula is C15H13ClFNO. The Labute approximate surface area is 116 Å². The van der Waals surface area contributed by atoms with E-state index in [9.17, 15) is 9.18 Å². The molecule has 0 bridgehead atoms. The number of benzene rings is 2. The maximum Gasteiger partial charge on any atom is 0.255 e. The molecule has 0 saturated heterocycles. The standard InChI is InChI=1S/C15H13ClFNO/c1-9-4-3-5-12(10(9)2)15(19)18-14-7-6-11(17)8-13(14)16/h3-8H,1-2H3,(H,18,19). The van der Waals surface area contributed by atoms with Gasteiger partial charge in [0.05, 0.1) is 10.7 Å². The Bertz CT molecular complexity index is 640. The monoisotopic (exact) mass is 277 g/mol. The molecule has 1 N–H and O–H groups in total. The van der Waals surface area contributed by atoms with E-state index < -0.39 is 5.82 Å². The summed E-state index contributed by atoms with van der Waals surface area (Å²) in [5.74, 6) is -0.690. The molecule has 0 aliphatic rings. The van der Waals surface area contributed by atoms with E-state index in [2.05, 4.69) is 5.32 Å². The fraction of sp³-hybridized carbons (Fsp3) is 0.133. The van der Waals surface area contributed by atoms with Gasteiger partial charge in [0.2, 0.25) is 0 Å². The quantitative estimate of drug-likeness (QED) is 0.869. The smallest absolute Gasteiger partial charge is 0.255 e. The van der Waals surface area contributed by atoms with Gasteiger partial charge in [-0.25, -0.2) is 4.39 Å². The van der Waals surface area contributed by atoms with Crippen molar-refractivity contribution >= 4 is 23.2 Å². The average Bonchev–Trinajstić information content (AvgIpc) is 2.36. The zero-order chi connectivity index (χ0) is 14.0. The third kappa shape index (κ3) is 2.93. The van der Waals surface area contributed by atoms with Gasteiger partial charge in [0.1, 0.15) is 5.82 Å². The van der Waals surface area contributed by atoms with Crippen LogP contribution in [0.3, 0.4) is 0 Å². The third-order valence-corrected chi connectivity index (χ3v) is 3.34. The van der Waals surface area contributed by atoms with Gasteiger partial charge >= 0.3 is 0 Å². The van der Waals surface area contributed by atoms with Crippen molar-refractivity contribution in [3.05, 3.63) is 63.9 Å². The van der Waals surface area contributed by atoms with E-state index in [1.165, 1.54) is 18.2 Å². The molecule has 98 valence electrons. The van der Waals surface area contributed by atoms with E-state index in [4.69, 9.17) is 11.6 Å². The molecule has 0 unspecified atom stereocenters. The number of carbonyl (C=O) groups excluding carboxylic acids is 1. The molecule has 2 rings (SSSR count). The van der Waals surface area contributed by atoms with Gasteiger partial charge in [-0.1, -0.05) is 23.7 Å². The first-order valence-corrected chi connectivity index (χ1v) is 6.19. The third-order valence-electron chi connectivity index (χ3n) is 3.03. The number of halogens is 2. The lowest BCUT2D eigenvalue weighted by Crippen LogP contribution is -2.14. The normalized spacial score (nSPS) is 10.3. The zero-order valence-corrected chi connectivity index (χ0v) is 11.4. The number of hydrogen-bond acceptors (Lipinski definition) is 1. The average molecular weight is 278 g/mol. The summed E-state index contributed by atoms with van der Waals surface area (Å²) >= 11 is 5.88. The first-order valence-electron chi connectivity index (χ1n) is 5.81. The van der Waals surface area contributed by atoms with Crippen molar-refractivity contribution < 1.29 is 9.18 Å². The lowest BCUT2D eigenvalue weighted by Gasteiger charge is -2.10. The summed E-state index contributed by atoms with van der Waals surface area (Å²) in [5.41, 5.74) is 2.94. The molecule has 4 heteroatoms. The Hall–Kier alpha value is -1.87. The minimum atomic E-state index is -0.435. The molecule has 0 heterocycles. The fourth-order valence-electron chi connectivity index (χ4n) is 1.78. The number of carbonyl (C=O) groups is 1. The number of amides is 1. The maximum absolute atomic E-state index is 12.9. The van der Waals surface area contributed by atoms with E-state index in [-0.39, 0.29) is 10.9 Å². The van der Waals surface area contributed by atoms with Crippen molar-refractivity contribution in [2.75, 3.05) is 5.32 Å². The molecule has 2 aromatic carbocycles. The van der Waals surface area contributed by atoms with Gasteiger partial charge in [-0.05, 0) is 49.2 Å². The molecule has 0 atom stereocenters. The van der Waals surface area contributed by atoms with Gasteiger partial charge in [0.15, 0.2) is 0 Å². The van der Waals surface area contributed by atoms with Crippen LogP contribution >= 0.6 is 11.6 Å². The maximum atomic E-state index is 12.9. The Kier molecular flexibility index (Phi) is 3.86. The van der Waals surface area contributed by atoms with Crippen LogP contribution in [0.25, 0.3) is 0 Å². The highest BCUT2D eigenvalue weighted by Crippen LogP contribution is 2.23. The predicted octanol–water partition coefficient (Wildman–Crippen LogP) is 4.35. The molecule has 2 aromatic rings. The zero-order valence-electron chi connectivity index (χ0n) is 10.6. The number of hydrogen-bond donors (Lipinski definition) is 1. The molecule has 2 nitrogen and oxygen atoms in total. The molecule has 0 aromatic heterocycles. The second kappa shape index (κ2) is 5.41. The molecule has 0 saturated carbocycles. The van der Waals surface area contributed by atoms with Crippen LogP contribution in [0, 0.1) is 19.7 Å². The van der Waals surface area contributed by atoms with Crippen molar-refractivity contribution in [3.63, 3.8) is 0 Å². The summed E-state index contributed by atoms with van der Waals surface area (Å²) in [6.07, 6.45) is 0. The van der Waals surface area contributed by atoms with Crippen LogP contribution in [0.15, 0.2) is 36.4 Å². The van der Waals surface area contributed by atoms with E-state index in [1.54, 1.807) is 6.07 Å². The Morgan fingerprint density at radius 2 is 1.95 bits per heavy atom. The highest BCUT2D eigenvalue weighted by Gasteiger charge is 2.12. The molecule has 0 fully saturated rings. The summed E-state index contributed by atoms with van der Waals surface area (Å²) in [7, 11) is 0. The minimum absolute atomic E-state index is 0.179. The van der Waals surface area contributed by atoms with Crippen molar-refractivity contribution in [1.82, 2.24) is 0 Å². The van der Waals surface area contributed by atoms with Crippen molar-refractivity contribution in [2.45, 2.75) is 13.8 Å². The number of anilines is 1. The lowest BCUT2D eigenvalue weighted by atomic mass is 10.0. The van der Waals surface area contributed by atoms with Crippen molar-refractivity contribution in [2.24, 2.45) is 0 Å². The molecule has 0 aliphatic heterocycles. The van der Waals surface area contributed by atoms with E-state index in [1.807, 2.05) is 26.0 Å². The summed E-state index contributed by atoms with van der Waals surface area (Å²) in [6.45, 7) is 3.83. The Balaban J connectivity index is 2.28. The van der Waals surface area contributed by atoms with Crippen LogP contribution in [0.1, 0.15) is 21.5 Å². The minimum Gasteiger partial charge on any atom is -0.321 e. The van der Waals surface area contributed by atoms with Gasteiger partial charge in [0, 0.05) is 5.56 Å². The van der Waals surface area contributed by atoms with Crippen LogP contribution in [-0.4, -0.2) is 5.91 Å². The van der Waals surface area contributed by atoms with Crippen molar-refractivity contribution in [3.8, 4) is 0 Å². The molecule has 1 amide bonds. The summed E-state index contributed by atoms with van der Waals surface area (Å²) in [4.78, 5) is 12.2. The van der Waals surface area contributed by atoms with Crippen LogP contribution in [-0.2, 0) is 0 Å². The Morgan fingerprint density at radius 1 is 1.21 bits per heavy atom. The summed E-state index contributed by atoms with van der Waals surface area (Å²) in [6, 6.07) is 9.38. The molecule has 0 spiro atoms. The molecule has 0 aliphatic carbocycles. The SMILES string of the molecule is Cc1cccc(C(=O)Nc2ccc(F)cc2Cl)c1C. The second-order valence-corrected chi connectivity index (χ2v) is 4.73. The highest BCUT2D eigenvalue weighted by molar-refractivity contribution is 6.33. The molecule has 0 radical (unpaired) electrons. The van der Waals surface area contributed by atoms with Crippen LogP contribution in [0.4, 0.5) is 10.1 Å². The van der Waals surface area contributed by atoms with Crippen LogP contribution < -0.4 is 5.32 Å². The van der Waals surface area contributed by atoms with Gasteiger partial charge in [-0.15, -0.1) is 0 Å². The fourth-order valence-corrected chi connectivity index (χ4v) is 1.99. The predicted molar refractivity (Wildman–Crippen MR) is 75.3 cm³/mol. The van der Waals surface area contributed by atoms with E-state index in [0.29, 0.717) is 11.3 Å². The lowest BCUT2D eigenvalue weighted by molar-refractivity contribution is 0.102. The van der Waals surface area contributed by atoms with Gasteiger partial charge < -0.3 is 5.32 Å². The number of rotatable bonds is 2. The molecule has 19 heavy (non-hydrogen) atoms. The topological polar surface area (TPSA) is 29.1 Å². The first kappa shape index (κ1) is 13.6. The van der Waals surface area contributed by atoms with Gasteiger partial charge in [-0.3, -0.25) is 4.79 Å². The van der Waals surface area contributed by atoms with Crippen LogP contribution in [0.5, 0.6) is 0 Å².